The Kier molecular flexibility index (Phi) is 9.48. The van der Waals surface area contributed by atoms with Gasteiger partial charge in [-0.1, -0.05) is 6.07 Å². The summed E-state index contributed by atoms with van der Waals surface area (Å²) in [6.07, 6.45) is -5.55. The van der Waals surface area contributed by atoms with E-state index in [1.165, 1.54) is 15.5 Å². The summed E-state index contributed by atoms with van der Waals surface area (Å²) in [5.41, 5.74) is 6.16. The van der Waals surface area contributed by atoms with E-state index in [4.69, 9.17) is 24.3 Å². The van der Waals surface area contributed by atoms with Gasteiger partial charge in [0.25, 0.3) is 6.23 Å². The summed E-state index contributed by atoms with van der Waals surface area (Å²) in [4.78, 5) is 32.1. The highest BCUT2D eigenvalue weighted by Crippen LogP contribution is 2.60. The molecule has 19 nitrogen and oxygen atoms in total. The first-order valence-corrected chi connectivity index (χ1v) is 17.5. The number of aromatic nitrogens is 5. The number of nitrogens with zero attached hydrogens (tertiary/aromatic N) is 5. The molecule has 0 bridgehead atoms. The molecule has 22 heteroatoms. The average molecular weight is 797 g/mol. The summed E-state index contributed by atoms with van der Waals surface area (Å²) < 4.78 is 54.0. The van der Waals surface area contributed by atoms with Crippen LogP contribution in [0.3, 0.4) is 0 Å². The Morgan fingerprint density at radius 3 is 2.33 bits per heavy atom. The van der Waals surface area contributed by atoms with Gasteiger partial charge in [-0.25, -0.2) is 24.1 Å². The molecule has 8 N–H and O–H groups in total. The number of ether oxygens (including phenoxy) is 2. The molecule has 5 heterocycles. The number of aliphatic hydroxyl groups excluding tert-OH is 4. The van der Waals surface area contributed by atoms with Crippen molar-refractivity contribution in [1.29, 1.82) is 0 Å². The highest BCUT2D eigenvalue weighted by molar-refractivity contribution is 14.1. The summed E-state index contributed by atoms with van der Waals surface area (Å²) >= 11 is 2.19. The third-order valence-electron chi connectivity index (χ3n) is 7.43. The lowest BCUT2D eigenvalue weighted by molar-refractivity contribution is -0.764. The van der Waals surface area contributed by atoms with Crippen LogP contribution < -0.4 is 10.3 Å². The van der Waals surface area contributed by atoms with E-state index in [0.29, 0.717) is 0 Å². The van der Waals surface area contributed by atoms with Crippen LogP contribution in [-0.2, 0) is 32.0 Å². The number of imidazole rings is 1. The maximum atomic E-state index is 12.5. The molecule has 2 unspecified atom stereocenters. The van der Waals surface area contributed by atoms with Gasteiger partial charge in [-0.2, -0.15) is 8.88 Å². The minimum atomic E-state index is -5.34. The second-order valence-corrected chi connectivity index (χ2v) is 14.6. The number of nitrogen functional groups attached to an aromatic ring is 1. The van der Waals surface area contributed by atoms with Gasteiger partial charge in [-0.05, 0) is 34.7 Å². The topological polar surface area (TPSA) is 275 Å². The average Bonchev–Trinajstić information content (AvgIpc) is 3.65. The molecule has 10 atom stereocenters. The molecule has 2 fully saturated rings. The second kappa shape index (κ2) is 13.0. The van der Waals surface area contributed by atoms with Gasteiger partial charge in [0.2, 0.25) is 0 Å². The van der Waals surface area contributed by atoms with Gasteiger partial charge in [0.15, 0.2) is 36.2 Å². The van der Waals surface area contributed by atoms with E-state index in [1.54, 1.807) is 18.5 Å². The predicted molar refractivity (Wildman–Crippen MR) is 161 cm³/mol. The van der Waals surface area contributed by atoms with Crippen molar-refractivity contribution in [2.24, 2.45) is 0 Å². The molecule has 0 radical (unpaired) electrons. The van der Waals surface area contributed by atoms with Crippen molar-refractivity contribution in [2.75, 3.05) is 18.9 Å². The van der Waals surface area contributed by atoms with Crippen molar-refractivity contribution in [3.05, 3.63) is 52.9 Å². The number of pyridine rings is 1. The van der Waals surface area contributed by atoms with Crippen LogP contribution in [0.5, 0.6) is 0 Å². The molecule has 4 aromatic rings. The number of rotatable bonds is 10. The number of benzene rings is 1. The first-order chi connectivity index (χ1) is 21.7. The fraction of sp³-hybridized carbons (Fsp3) is 0.417. The van der Waals surface area contributed by atoms with E-state index in [-0.39, 0.29) is 17.0 Å². The van der Waals surface area contributed by atoms with Gasteiger partial charge in [-0.15, -0.1) is 0 Å². The monoisotopic (exact) mass is 797 g/mol. The zero-order valence-corrected chi connectivity index (χ0v) is 27.2. The zero-order valence-electron chi connectivity index (χ0n) is 23.3. The summed E-state index contributed by atoms with van der Waals surface area (Å²) in [5.74, 6) is 0.0642. The van der Waals surface area contributed by atoms with Gasteiger partial charge in [0.05, 0.1) is 19.5 Å². The number of fused-ring (bicyclic) bond motifs is 2. The van der Waals surface area contributed by atoms with Crippen molar-refractivity contribution < 1.29 is 66.7 Å². The number of hydrogen-bond acceptors (Lipinski definition) is 15. The Labute approximate surface area is 272 Å². The normalized spacial score (nSPS) is 30.9. The molecule has 2 aliphatic rings. The van der Waals surface area contributed by atoms with Crippen molar-refractivity contribution in [1.82, 2.24) is 19.5 Å². The number of phosphoric ester groups is 2. The van der Waals surface area contributed by atoms with Gasteiger partial charge in [0.1, 0.15) is 42.4 Å². The van der Waals surface area contributed by atoms with E-state index in [0.717, 1.165) is 20.7 Å². The fourth-order valence-electron chi connectivity index (χ4n) is 5.14. The van der Waals surface area contributed by atoms with E-state index in [2.05, 4.69) is 41.9 Å². The molecule has 6 rings (SSSR count). The zero-order chi connectivity index (χ0) is 33.0. The first-order valence-electron chi connectivity index (χ1n) is 13.5. The van der Waals surface area contributed by atoms with E-state index in [9.17, 15) is 39.3 Å². The standard InChI is InChI=1S/C24H27IN6O13P2/c25-13-3-1-2-11-6-30(5-4-12(11)13)23-19(34)17(32)14(42-23)7-40-45(36,37)44-46(38,39)41-8-15-18(33)20(35)24(43-15)31-10-29-16-21(26)27-9-28-22(16)31/h1-6,9-10,14-15,17-20,23-24,32-35H,7-8H2,(H3-,26,27,28,36,37,38,39)/p+1/t14-,15-,17-,18-,19-,20-,23-,24-/m1/s1. The Morgan fingerprint density at radius 1 is 0.935 bits per heavy atom. The second-order valence-electron chi connectivity index (χ2n) is 10.4. The van der Waals surface area contributed by atoms with Crippen LogP contribution in [0.25, 0.3) is 21.9 Å². The van der Waals surface area contributed by atoms with Crippen molar-refractivity contribution in [3.8, 4) is 0 Å². The summed E-state index contributed by atoms with van der Waals surface area (Å²) in [6.45, 7) is -1.69. The molecular formula is C24H28IN6O13P2+. The quantitative estimate of drug-likeness (QED) is 0.0613. The Morgan fingerprint density at radius 2 is 1.61 bits per heavy atom. The molecule has 248 valence electrons. The summed E-state index contributed by atoms with van der Waals surface area (Å²) in [6, 6.07) is 7.45. The maximum Gasteiger partial charge on any atom is 0.481 e. The molecule has 46 heavy (non-hydrogen) atoms. The smallest absolute Gasteiger partial charge is 0.387 e. The van der Waals surface area contributed by atoms with Crippen LogP contribution in [0, 0.1) is 3.57 Å². The lowest BCUT2D eigenvalue weighted by atomic mass is 10.1. The molecule has 1 aromatic carbocycles. The van der Waals surface area contributed by atoms with Crippen LogP contribution in [0.15, 0.2) is 49.3 Å². The number of hydrogen-bond donors (Lipinski definition) is 7. The van der Waals surface area contributed by atoms with Gasteiger partial charge >= 0.3 is 15.6 Å². The number of anilines is 1. The van der Waals surface area contributed by atoms with Gasteiger partial charge in [0, 0.05) is 20.4 Å². The highest BCUT2D eigenvalue weighted by atomic mass is 127. The van der Waals surface area contributed by atoms with Crippen molar-refractivity contribution in [2.45, 2.75) is 49.1 Å². The highest BCUT2D eigenvalue weighted by Gasteiger charge is 2.50. The number of phosphoric acid groups is 2. The van der Waals surface area contributed by atoms with E-state index in [1.807, 2.05) is 18.2 Å². The van der Waals surface area contributed by atoms with Gasteiger partial charge < -0.3 is 45.4 Å². The largest absolute Gasteiger partial charge is 0.481 e. The predicted octanol–water partition coefficient (Wildman–Crippen LogP) is -0.357. The third kappa shape index (κ3) is 6.69. The SMILES string of the molecule is Nc1ncnc2c1ncn2[C@@H]1O[C@H](COP(=O)(O)OP(=O)(O)OC[C@H]2O[C@@H]([n+]3ccc4c(I)cccc4c3)[C@H](O)[C@@H]2O)[C@@H](O)[C@H]1O. The third-order valence-corrected chi connectivity index (χ3v) is 11.0. The van der Waals surface area contributed by atoms with Crippen molar-refractivity contribution >= 4 is 66.0 Å². The molecule has 0 aliphatic carbocycles. The number of halogens is 1. The van der Waals surface area contributed by atoms with E-state index >= 15 is 0 Å². The Bertz CT molecular complexity index is 1850. The van der Waals surface area contributed by atoms with Crippen LogP contribution >= 0.6 is 38.2 Å². The lowest BCUT2D eigenvalue weighted by Crippen LogP contribution is -2.45. The summed E-state index contributed by atoms with van der Waals surface area (Å²) in [5, 5.41) is 43.9. The Balaban J connectivity index is 1.04. The molecule has 2 saturated heterocycles. The Hall–Kier alpha value is -2.27. The van der Waals surface area contributed by atoms with E-state index < -0.39 is 77.9 Å². The molecular weight excluding hydrogens is 769 g/mol. The van der Waals surface area contributed by atoms with Crippen LogP contribution in [0.4, 0.5) is 5.82 Å². The number of aliphatic hydroxyl groups is 4. The molecule has 3 aromatic heterocycles. The molecule has 0 saturated carbocycles. The fourth-order valence-corrected chi connectivity index (χ4v) is 7.93. The minimum Gasteiger partial charge on any atom is -0.387 e. The lowest BCUT2D eigenvalue weighted by Gasteiger charge is -2.20. The van der Waals surface area contributed by atoms with Crippen LogP contribution in [0.1, 0.15) is 12.5 Å². The summed E-state index contributed by atoms with van der Waals surface area (Å²) in [7, 11) is -10.7. The maximum absolute atomic E-state index is 12.5. The minimum absolute atomic E-state index is 0.0642. The van der Waals surface area contributed by atoms with Gasteiger partial charge in [-0.3, -0.25) is 13.6 Å². The van der Waals surface area contributed by atoms with Crippen LogP contribution in [-0.4, -0.2) is 99.6 Å². The molecule has 0 amide bonds. The number of nitrogens with two attached hydrogens (primary N) is 1. The van der Waals surface area contributed by atoms with Crippen LogP contribution in [0.2, 0.25) is 0 Å². The first kappa shape index (κ1) is 33.6. The molecule has 0 spiro atoms. The van der Waals surface area contributed by atoms with Crippen molar-refractivity contribution in [3.63, 3.8) is 0 Å². The molecule has 2 aliphatic heterocycles.